The van der Waals surface area contributed by atoms with Crippen LogP contribution < -0.4 is 5.32 Å². The molecule has 2 aromatic rings. The highest BCUT2D eigenvalue weighted by Crippen LogP contribution is 2.31. The molecule has 2 N–H and O–H groups in total. The van der Waals surface area contributed by atoms with Crippen molar-refractivity contribution in [2.45, 2.75) is 18.4 Å². The molecule has 0 bridgehead atoms. The summed E-state index contributed by atoms with van der Waals surface area (Å²) < 4.78 is 0. The normalized spacial score (nSPS) is 15.1. The predicted octanol–water partition coefficient (Wildman–Crippen LogP) is 2.09. The first-order chi connectivity index (χ1) is 10.5. The van der Waals surface area contributed by atoms with Crippen molar-refractivity contribution in [2.75, 3.05) is 0 Å². The summed E-state index contributed by atoms with van der Waals surface area (Å²) in [6.07, 6.45) is 1.97. The number of aromatic nitrogens is 1. The van der Waals surface area contributed by atoms with E-state index in [9.17, 15) is 14.7 Å². The van der Waals surface area contributed by atoms with Crippen LogP contribution in [0.25, 0.3) is 0 Å². The monoisotopic (exact) mass is 316 g/mol. The minimum Gasteiger partial charge on any atom is -0.479 e. The number of fused-ring (bicyclic) bond motifs is 1. The number of rotatable bonds is 3. The molecule has 1 heterocycles. The third kappa shape index (κ3) is 2.44. The molecule has 0 saturated carbocycles. The van der Waals surface area contributed by atoms with Crippen molar-refractivity contribution in [1.82, 2.24) is 10.3 Å². The summed E-state index contributed by atoms with van der Waals surface area (Å²) in [5.74, 6) is -1.59. The Labute approximate surface area is 131 Å². The highest BCUT2D eigenvalue weighted by Gasteiger charge is 2.45. The van der Waals surface area contributed by atoms with Gasteiger partial charge in [0.25, 0.3) is 5.91 Å². The van der Waals surface area contributed by atoms with E-state index in [-0.39, 0.29) is 23.6 Å². The molecule has 0 unspecified atom stereocenters. The van der Waals surface area contributed by atoms with Crippen LogP contribution in [0.2, 0.25) is 5.15 Å². The number of aliphatic carboxylic acids is 1. The van der Waals surface area contributed by atoms with E-state index in [1.54, 1.807) is 6.07 Å². The van der Waals surface area contributed by atoms with Crippen molar-refractivity contribution in [3.8, 4) is 0 Å². The Morgan fingerprint density at radius 3 is 2.32 bits per heavy atom. The molecule has 1 aliphatic rings. The Hall–Kier alpha value is -2.40. The average Bonchev–Trinajstić information content (AvgIpc) is 2.87. The molecule has 0 fully saturated rings. The number of carbonyl (C=O) groups excluding carboxylic acids is 1. The first-order valence-electron chi connectivity index (χ1n) is 6.75. The van der Waals surface area contributed by atoms with Crippen LogP contribution in [-0.4, -0.2) is 27.5 Å². The number of hydrogen-bond acceptors (Lipinski definition) is 3. The summed E-state index contributed by atoms with van der Waals surface area (Å²) in [6.45, 7) is 0. The maximum atomic E-state index is 12.4. The number of pyridine rings is 1. The lowest BCUT2D eigenvalue weighted by Gasteiger charge is -2.25. The molecule has 6 heteroatoms. The summed E-state index contributed by atoms with van der Waals surface area (Å²) in [7, 11) is 0. The molecule has 1 aromatic heterocycles. The Bertz CT molecular complexity index is 736. The van der Waals surface area contributed by atoms with E-state index >= 15 is 0 Å². The van der Waals surface area contributed by atoms with E-state index < -0.39 is 17.4 Å². The van der Waals surface area contributed by atoms with E-state index in [0.717, 1.165) is 11.1 Å². The lowest BCUT2D eigenvalue weighted by Crippen LogP contribution is -2.55. The molecule has 0 saturated heterocycles. The standard InChI is InChI=1S/C16H13ClN2O3/c17-13-12(6-3-7-18-13)14(20)19-16(15(21)22)8-10-4-1-2-5-11(10)9-16/h1-7H,8-9H2,(H,19,20)(H,21,22). The van der Waals surface area contributed by atoms with E-state index in [0.29, 0.717) is 0 Å². The van der Waals surface area contributed by atoms with E-state index in [1.807, 2.05) is 24.3 Å². The molecule has 1 aliphatic carbocycles. The Morgan fingerprint density at radius 1 is 1.14 bits per heavy atom. The number of amides is 1. The highest BCUT2D eigenvalue weighted by molar-refractivity contribution is 6.32. The maximum absolute atomic E-state index is 12.4. The van der Waals surface area contributed by atoms with Crippen LogP contribution in [0, 0.1) is 0 Å². The second-order valence-electron chi connectivity index (χ2n) is 5.31. The van der Waals surface area contributed by atoms with Gasteiger partial charge in [0.15, 0.2) is 0 Å². The van der Waals surface area contributed by atoms with Gasteiger partial charge in [0.05, 0.1) is 5.56 Å². The second kappa shape index (κ2) is 5.42. The zero-order chi connectivity index (χ0) is 15.7. The van der Waals surface area contributed by atoms with Crippen LogP contribution in [0.5, 0.6) is 0 Å². The Morgan fingerprint density at radius 2 is 1.77 bits per heavy atom. The van der Waals surface area contributed by atoms with Crippen molar-refractivity contribution >= 4 is 23.5 Å². The van der Waals surface area contributed by atoms with Crippen molar-refractivity contribution < 1.29 is 14.7 Å². The number of carboxylic acids is 1. The minimum absolute atomic E-state index is 0.0519. The van der Waals surface area contributed by atoms with Gasteiger partial charge in [-0.2, -0.15) is 0 Å². The molecular formula is C16H13ClN2O3. The Balaban J connectivity index is 1.90. The molecule has 0 spiro atoms. The number of carboxylic acid groups (broad SMARTS) is 1. The van der Waals surface area contributed by atoms with Crippen molar-refractivity contribution in [3.05, 3.63) is 64.4 Å². The molecule has 112 valence electrons. The van der Waals surface area contributed by atoms with Crippen LogP contribution in [0.1, 0.15) is 21.5 Å². The Kier molecular flexibility index (Phi) is 3.58. The van der Waals surface area contributed by atoms with Crippen LogP contribution >= 0.6 is 11.6 Å². The predicted molar refractivity (Wildman–Crippen MR) is 80.9 cm³/mol. The third-order valence-corrected chi connectivity index (χ3v) is 4.17. The van der Waals surface area contributed by atoms with E-state index in [4.69, 9.17) is 11.6 Å². The van der Waals surface area contributed by atoms with E-state index in [1.165, 1.54) is 12.3 Å². The molecule has 0 radical (unpaired) electrons. The number of carbonyl (C=O) groups is 2. The lowest BCUT2D eigenvalue weighted by molar-refractivity contribution is -0.144. The molecule has 0 aliphatic heterocycles. The number of benzene rings is 1. The lowest BCUT2D eigenvalue weighted by atomic mass is 9.95. The zero-order valence-electron chi connectivity index (χ0n) is 11.5. The van der Waals surface area contributed by atoms with Gasteiger partial charge < -0.3 is 10.4 Å². The van der Waals surface area contributed by atoms with Gasteiger partial charge in [0.1, 0.15) is 10.7 Å². The van der Waals surface area contributed by atoms with Gasteiger partial charge >= 0.3 is 5.97 Å². The van der Waals surface area contributed by atoms with Crippen LogP contribution in [0.15, 0.2) is 42.6 Å². The zero-order valence-corrected chi connectivity index (χ0v) is 12.3. The number of halogens is 1. The molecule has 1 amide bonds. The molecule has 5 nitrogen and oxygen atoms in total. The fourth-order valence-electron chi connectivity index (χ4n) is 2.75. The number of hydrogen-bond donors (Lipinski definition) is 2. The first kappa shape index (κ1) is 14.5. The molecule has 1 aromatic carbocycles. The van der Waals surface area contributed by atoms with Gasteiger partial charge in [-0.1, -0.05) is 35.9 Å². The van der Waals surface area contributed by atoms with E-state index in [2.05, 4.69) is 10.3 Å². The summed E-state index contributed by atoms with van der Waals surface area (Å²) in [5, 5.41) is 12.3. The first-order valence-corrected chi connectivity index (χ1v) is 7.13. The molecule has 22 heavy (non-hydrogen) atoms. The second-order valence-corrected chi connectivity index (χ2v) is 5.66. The van der Waals surface area contributed by atoms with Crippen LogP contribution in [0.4, 0.5) is 0 Å². The van der Waals surface area contributed by atoms with Crippen LogP contribution in [0.3, 0.4) is 0 Å². The molecule has 0 atom stereocenters. The topological polar surface area (TPSA) is 79.3 Å². The number of nitrogens with zero attached hydrogens (tertiary/aromatic N) is 1. The van der Waals surface area contributed by atoms with Crippen molar-refractivity contribution in [2.24, 2.45) is 0 Å². The molecular weight excluding hydrogens is 304 g/mol. The third-order valence-electron chi connectivity index (χ3n) is 3.87. The van der Waals surface area contributed by atoms with Gasteiger partial charge in [-0.25, -0.2) is 9.78 Å². The van der Waals surface area contributed by atoms with Gasteiger partial charge in [0.2, 0.25) is 0 Å². The summed E-state index contributed by atoms with van der Waals surface area (Å²) in [6, 6.07) is 10.6. The van der Waals surface area contributed by atoms with Gasteiger partial charge in [-0.05, 0) is 23.3 Å². The van der Waals surface area contributed by atoms with Gasteiger partial charge in [0, 0.05) is 19.0 Å². The fraction of sp³-hybridized carbons (Fsp3) is 0.188. The summed E-state index contributed by atoms with van der Waals surface area (Å²) in [5.41, 5.74) is 0.686. The maximum Gasteiger partial charge on any atom is 0.330 e. The number of nitrogens with one attached hydrogen (secondary N) is 1. The summed E-state index contributed by atoms with van der Waals surface area (Å²) >= 11 is 5.90. The summed E-state index contributed by atoms with van der Waals surface area (Å²) in [4.78, 5) is 28.0. The SMILES string of the molecule is O=C(NC1(C(=O)O)Cc2ccccc2C1)c1cccnc1Cl. The van der Waals surface area contributed by atoms with Crippen molar-refractivity contribution in [3.63, 3.8) is 0 Å². The average molecular weight is 317 g/mol. The highest BCUT2D eigenvalue weighted by atomic mass is 35.5. The van der Waals surface area contributed by atoms with Crippen molar-refractivity contribution in [1.29, 1.82) is 0 Å². The van der Waals surface area contributed by atoms with Gasteiger partial charge in [-0.3, -0.25) is 4.79 Å². The minimum atomic E-state index is -1.35. The largest absolute Gasteiger partial charge is 0.479 e. The quantitative estimate of drug-likeness (QED) is 0.850. The fourth-order valence-corrected chi connectivity index (χ4v) is 2.95. The smallest absolute Gasteiger partial charge is 0.330 e. The van der Waals surface area contributed by atoms with Gasteiger partial charge in [-0.15, -0.1) is 0 Å². The van der Waals surface area contributed by atoms with Crippen LogP contribution in [-0.2, 0) is 17.6 Å². The molecule has 3 rings (SSSR count).